The summed E-state index contributed by atoms with van der Waals surface area (Å²) < 4.78 is 0. The average molecular weight is 406 g/mol. The van der Waals surface area contributed by atoms with E-state index < -0.39 is 0 Å². The first-order chi connectivity index (χ1) is 15.3. The van der Waals surface area contributed by atoms with Gasteiger partial charge in [0.2, 0.25) is 0 Å². The number of hydrogen-bond donors (Lipinski definition) is 1. The zero-order chi connectivity index (χ0) is 21.5. The van der Waals surface area contributed by atoms with E-state index in [9.17, 15) is 0 Å². The zero-order valence-electron chi connectivity index (χ0n) is 17.8. The van der Waals surface area contributed by atoms with Gasteiger partial charge in [-0.15, -0.1) is 0 Å². The quantitative estimate of drug-likeness (QED) is 0.304. The average Bonchev–Trinajstić information content (AvgIpc) is 2.85. The van der Waals surface area contributed by atoms with Gasteiger partial charge in [-0.2, -0.15) is 0 Å². The highest BCUT2D eigenvalue weighted by Crippen LogP contribution is 2.21. The van der Waals surface area contributed by atoms with Crippen molar-refractivity contribution in [3.63, 3.8) is 0 Å². The molecule has 2 N–H and O–H groups in total. The Balaban J connectivity index is 1.84. The molecule has 0 radical (unpaired) electrons. The highest BCUT2D eigenvalue weighted by molar-refractivity contribution is 6.17. The van der Waals surface area contributed by atoms with Crippen molar-refractivity contribution in [1.29, 1.82) is 0 Å². The van der Waals surface area contributed by atoms with Crippen LogP contribution >= 0.6 is 0 Å². The number of amidine groups is 1. The highest BCUT2D eigenvalue weighted by Gasteiger charge is 2.12. The number of benzene rings is 4. The van der Waals surface area contributed by atoms with Crippen LogP contribution in [0.3, 0.4) is 0 Å². The predicted molar refractivity (Wildman–Crippen MR) is 132 cm³/mol. The lowest BCUT2D eigenvalue weighted by Crippen LogP contribution is -2.11. The van der Waals surface area contributed by atoms with Crippen LogP contribution in [0.2, 0.25) is 0 Å². The largest absolute Gasteiger partial charge is 0.326 e. The molecule has 0 unspecified atom stereocenters. The minimum Gasteiger partial charge on any atom is -0.326 e. The van der Waals surface area contributed by atoms with Gasteiger partial charge in [-0.25, -0.2) is 4.99 Å². The molecule has 0 fully saturated rings. The molecule has 0 aliphatic heterocycles. The monoisotopic (exact) mass is 405 g/mol. The fraction of sp³-hybridized carbons (Fsp3) is 0.143. The second-order valence-electron chi connectivity index (χ2n) is 7.43. The van der Waals surface area contributed by atoms with E-state index in [4.69, 9.17) is 15.7 Å². The van der Waals surface area contributed by atoms with Crippen LogP contribution in [0.15, 0.2) is 107 Å². The Morgan fingerprint density at radius 1 is 0.742 bits per heavy atom. The molecule has 0 spiro atoms. The van der Waals surface area contributed by atoms with Crippen molar-refractivity contribution in [1.82, 2.24) is 0 Å². The SMILES string of the molecule is CCC(=NC(=NCc1ccccc1)c1ccccc1CN)c1cccc2ccccc12. The summed E-state index contributed by atoms with van der Waals surface area (Å²) in [7, 11) is 0. The summed E-state index contributed by atoms with van der Waals surface area (Å²) in [5, 5.41) is 2.42. The molecule has 4 aromatic rings. The number of rotatable bonds is 6. The molecule has 0 aromatic heterocycles. The molecule has 3 heteroatoms. The summed E-state index contributed by atoms with van der Waals surface area (Å²) in [5.74, 6) is 0.731. The van der Waals surface area contributed by atoms with E-state index in [-0.39, 0.29) is 0 Å². The maximum absolute atomic E-state index is 6.04. The molecule has 4 rings (SSSR count). The van der Waals surface area contributed by atoms with Gasteiger partial charge in [-0.05, 0) is 28.3 Å². The van der Waals surface area contributed by atoms with Crippen molar-refractivity contribution in [2.45, 2.75) is 26.4 Å². The van der Waals surface area contributed by atoms with Crippen LogP contribution < -0.4 is 5.73 Å². The first-order valence-corrected chi connectivity index (χ1v) is 10.7. The number of aliphatic imine (C=N–C) groups is 2. The first-order valence-electron chi connectivity index (χ1n) is 10.7. The zero-order valence-corrected chi connectivity index (χ0v) is 17.8. The van der Waals surface area contributed by atoms with E-state index >= 15 is 0 Å². The molecular formula is C28H27N3. The summed E-state index contributed by atoms with van der Waals surface area (Å²) in [6, 6.07) is 33.2. The predicted octanol–water partition coefficient (Wildman–Crippen LogP) is 6.14. The second kappa shape index (κ2) is 9.96. The van der Waals surface area contributed by atoms with Crippen molar-refractivity contribution in [3.05, 3.63) is 119 Å². The van der Waals surface area contributed by atoms with E-state index in [1.165, 1.54) is 10.8 Å². The Labute approximate surface area is 184 Å². The van der Waals surface area contributed by atoms with Gasteiger partial charge in [0, 0.05) is 17.7 Å². The van der Waals surface area contributed by atoms with Crippen LogP contribution in [0.25, 0.3) is 10.8 Å². The molecule has 4 aromatic carbocycles. The van der Waals surface area contributed by atoms with Crippen LogP contribution in [-0.4, -0.2) is 11.5 Å². The molecule has 31 heavy (non-hydrogen) atoms. The molecule has 0 atom stereocenters. The van der Waals surface area contributed by atoms with Crippen molar-refractivity contribution >= 4 is 22.3 Å². The Kier molecular flexibility index (Phi) is 6.65. The molecular weight excluding hydrogens is 378 g/mol. The lowest BCUT2D eigenvalue weighted by Gasteiger charge is -2.12. The highest BCUT2D eigenvalue weighted by atomic mass is 14.9. The van der Waals surface area contributed by atoms with Crippen molar-refractivity contribution in [3.8, 4) is 0 Å². The molecule has 0 heterocycles. The second-order valence-corrected chi connectivity index (χ2v) is 7.43. The molecule has 154 valence electrons. The van der Waals surface area contributed by atoms with Gasteiger partial charge in [-0.1, -0.05) is 104 Å². The lowest BCUT2D eigenvalue weighted by molar-refractivity contribution is 1.04. The standard InChI is InChI=1S/C28H27N3/c1-2-27(26-18-10-15-22-13-6-8-16-24(22)26)31-28(25-17-9-7-14-23(25)19-29)30-20-21-11-4-3-5-12-21/h3-18H,2,19-20,29H2,1H3. The molecule has 0 amide bonds. The van der Waals surface area contributed by atoms with Crippen LogP contribution in [0, 0.1) is 0 Å². The van der Waals surface area contributed by atoms with Gasteiger partial charge in [0.25, 0.3) is 0 Å². The van der Waals surface area contributed by atoms with E-state index in [2.05, 4.69) is 67.6 Å². The number of nitrogens with zero attached hydrogens (tertiary/aromatic N) is 2. The molecule has 0 saturated carbocycles. The maximum Gasteiger partial charge on any atom is 0.155 e. The Bertz CT molecular complexity index is 1220. The third-order valence-corrected chi connectivity index (χ3v) is 5.41. The Morgan fingerprint density at radius 2 is 1.42 bits per heavy atom. The number of nitrogens with two attached hydrogens (primary N) is 1. The summed E-state index contributed by atoms with van der Waals surface area (Å²) >= 11 is 0. The summed E-state index contributed by atoms with van der Waals surface area (Å²) in [5.41, 5.74) is 11.4. The summed E-state index contributed by atoms with van der Waals surface area (Å²) in [4.78, 5) is 10.1. The number of fused-ring (bicyclic) bond motifs is 1. The molecule has 0 bridgehead atoms. The molecule has 0 aliphatic carbocycles. The first kappa shape index (κ1) is 20.7. The fourth-order valence-corrected chi connectivity index (χ4v) is 3.78. The summed E-state index contributed by atoms with van der Waals surface area (Å²) in [6.45, 7) is 3.17. The van der Waals surface area contributed by atoms with E-state index in [1.807, 2.05) is 36.4 Å². The van der Waals surface area contributed by atoms with Gasteiger partial charge in [-0.3, -0.25) is 4.99 Å². The third kappa shape index (κ3) is 4.79. The van der Waals surface area contributed by atoms with E-state index in [0.29, 0.717) is 13.1 Å². The van der Waals surface area contributed by atoms with Crippen molar-refractivity contribution in [2.75, 3.05) is 0 Å². The van der Waals surface area contributed by atoms with Crippen molar-refractivity contribution < 1.29 is 0 Å². The topological polar surface area (TPSA) is 50.7 Å². The minimum atomic E-state index is 0.450. The maximum atomic E-state index is 6.04. The van der Waals surface area contributed by atoms with Crippen LogP contribution in [0.4, 0.5) is 0 Å². The Morgan fingerprint density at radius 3 is 2.23 bits per heavy atom. The van der Waals surface area contributed by atoms with Gasteiger partial charge >= 0.3 is 0 Å². The minimum absolute atomic E-state index is 0.450. The Hall–Kier alpha value is -3.56. The summed E-state index contributed by atoms with van der Waals surface area (Å²) in [6.07, 6.45) is 0.809. The van der Waals surface area contributed by atoms with Gasteiger partial charge in [0.1, 0.15) is 0 Å². The van der Waals surface area contributed by atoms with Crippen molar-refractivity contribution in [2.24, 2.45) is 15.7 Å². The normalized spacial score (nSPS) is 12.3. The van der Waals surface area contributed by atoms with Gasteiger partial charge in [0.05, 0.1) is 12.3 Å². The van der Waals surface area contributed by atoms with E-state index in [1.54, 1.807) is 0 Å². The van der Waals surface area contributed by atoms with Gasteiger partial charge in [0.15, 0.2) is 5.84 Å². The molecule has 0 saturated heterocycles. The lowest BCUT2D eigenvalue weighted by atomic mass is 9.99. The fourth-order valence-electron chi connectivity index (χ4n) is 3.78. The molecule has 0 aliphatic rings. The van der Waals surface area contributed by atoms with Crippen LogP contribution in [0.1, 0.15) is 35.6 Å². The van der Waals surface area contributed by atoms with Crippen LogP contribution in [0.5, 0.6) is 0 Å². The van der Waals surface area contributed by atoms with E-state index in [0.717, 1.165) is 40.2 Å². The smallest absolute Gasteiger partial charge is 0.155 e. The number of hydrogen-bond acceptors (Lipinski definition) is 2. The van der Waals surface area contributed by atoms with Gasteiger partial charge < -0.3 is 5.73 Å². The molecule has 3 nitrogen and oxygen atoms in total. The third-order valence-electron chi connectivity index (χ3n) is 5.41. The van der Waals surface area contributed by atoms with Crippen LogP contribution in [-0.2, 0) is 13.1 Å².